The van der Waals surface area contributed by atoms with Crippen LogP contribution in [0.4, 0.5) is 0 Å². The monoisotopic (exact) mass is 312 g/mol. The Bertz CT molecular complexity index is 407. The summed E-state index contributed by atoms with van der Waals surface area (Å²) < 4.78 is 0. The number of hydrogen-bond donors (Lipinski definition) is 0. The van der Waals surface area contributed by atoms with E-state index in [1.54, 1.807) is 4.90 Å². The number of hydrogen-bond acceptors (Lipinski definition) is 2. The van der Waals surface area contributed by atoms with Crippen LogP contribution in [0, 0.1) is 13.8 Å². The third-order valence-corrected chi connectivity index (χ3v) is 3.49. The van der Waals surface area contributed by atoms with Gasteiger partial charge in [-0.2, -0.15) is 0 Å². The first kappa shape index (κ1) is 15.2. The van der Waals surface area contributed by atoms with Gasteiger partial charge in [0.15, 0.2) is 0 Å². The molecule has 0 aliphatic heterocycles. The van der Waals surface area contributed by atoms with E-state index in [2.05, 4.69) is 20.9 Å². The van der Waals surface area contributed by atoms with Crippen molar-refractivity contribution in [2.24, 2.45) is 0 Å². The van der Waals surface area contributed by atoms with E-state index in [4.69, 9.17) is 0 Å². The molecule has 0 aromatic carbocycles. The lowest BCUT2D eigenvalue weighted by Crippen LogP contribution is -2.28. The molecule has 0 aliphatic carbocycles. The Kier molecular flexibility index (Phi) is 6.33. The largest absolute Gasteiger partial charge is 0.342 e. The van der Waals surface area contributed by atoms with Crippen molar-refractivity contribution in [3.8, 4) is 0 Å². The molecule has 0 bridgehead atoms. The van der Waals surface area contributed by atoms with Gasteiger partial charge in [-0.05, 0) is 38.8 Å². The highest BCUT2D eigenvalue weighted by atomic mass is 79.9. The fourth-order valence-electron chi connectivity index (χ4n) is 1.84. The number of halogens is 1. The molecule has 1 heterocycles. The molecule has 0 saturated carbocycles. The zero-order chi connectivity index (χ0) is 13.5. The summed E-state index contributed by atoms with van der Waals surface area (Å²) in [6.07, 6.45) is 3.35. The quantitative estimate of drug-likeness (QED) is 0.596. The first-order valence-electron chi connectivity index (χ1n) is 6.32. The van der Waals surface area contributed by atoms with E-state index >= 15 is 0 Å². The number of amides is 1. The van der Waals surface area contributed by atoms with Crippen LogP contribution in [0.2, 0.25) is 0 Å². The average molecular weight is 313 g/mol. The Morgan fingerprint density at radius 2 is 2.00 bits per heavy atom. The minimum Gasteiger partial charge on any atom is -0.342 e. The first-order chi connectivity index (χ1) is 8.56. The summed E-state index contributed by atoms with van der Waals surface area (Å²) in [6.45, 7) is 4.63. The number of rotatable bonds is 6. The molecule has 1 aromatic rings. The third kappa shape index (κ3) is 4.41. The fraction of sp³-hybridized carbons (Fsp3) is 0.571. The van der Waals surface area contributed by atoms with Crippen LogP contribution in [0.25, 0.3) is 0 Å². The van der Waals surface area contributed by atoms with Crippen LogP contribution in [0.3, 0.4) is 0 Å². The normalized spacial score (nSPS) is 10.4. The zero-order valence-electron chi connectivity index (χ0n) is 11.4. The lowest BCUT2D eigenvalue weighted by Gasteiger charge is -2.18. The molecule has 1 aromatic heterocycles. The van der Waals surface area contributed by atoms with E-state index in [1.807, 2.05) is 33.0 Å². The van der Waals surface area contributed by atoms with E-state index < -0.39 is 0 Å². The molecular formula is C14H21BrN2O. The molecule has 1 amide bonds. The van der Waals surface area contributed by atoms with E-state index in [9.17, 15) is 4.79 Å². The van der Waals surface area contributed by atoms with E-state index in [0.717, 1.165) is 42.5 Å². The maximum atomic E-state index is 12.2. The second kappa shape index (κ2) is 7.52. The van der Waals surface area contributed by atoms with Crippen molar-refractivity contribution in [1.29, 1.82) is 0 Å². The summed E-state index contributed by atoms with van der Waals surface area (Å²) in [5.74, 6) is 0.0684. The molecule has 0 aliphatic rings. The standard InChI is InChI=1S/C14H21BrN2O/c1-11-7-8-13(12(2)16-11)14(18)17(3)10-6-4-5-9-15/h7-8H,4-6,9-10H2,1-3H3. The molecule has 0 N–H and O–H groups in total. The molecule has 100 valence electrons. The molecule has 3 nitrogen and oxygen atoms in total. The molecule has 0 radical (unpaired) electrons. The highest BCUT2D eigenvalue weighted by molar-refractivity contribution is 9.09. The topological polar surface area (TPSA) is 33.2 Å². The van der Waals surface area contributed by atoms with Gasteiger partial charge in [-0.1, -0.05) is 22.4 Å². The minimum atomic E-state index is 0.0684. The molecule has 1 rings (SSSR count). The SMILES string of the molecule is Cc1ccc(C(=O)N(C)CCCCCBr)c(C)n1. The van der Waals surface area contributed by atoms with Crippen molar-refractivity contribution < 1.29 is 4.79 Å². The summed E-state index contributed by atoms with van der Waals surface area (Å²) >= 11 is 3.41. The summed E-state index contributed by atoms with van der Waals surface area (Å²) in [6, 6.07) is 3.76. The van der Waals surface area contributed by atoms with Crippen molar-refractivity contribution >= 4 is 21.8 Å². The molecule has 0 fully saturated rings. The van der Waals surface area contributed by atoms with Gasteiger partial charge in [0.25, 0.3) is 5.91 Å². The Hall–Kier alpha value is -0.900. The van der Waals surface area contributed by atoms with Crippen LogP contribution in [-0.4, -0.2) is 34.7 Å². The maximum absolute atomic E-state index is 12.2. The molecular weight excluding hydrogens is 292 g/mol. The number of carbonyl (C=O) groups excluding carboxylic acids is 1. The smallest absolute Gasteiger partial charge is 0.255 e. The van der Waals surface area contributed by atoms with E-state index in [-0.39, 0.29) is 5.91 Å². The summed E-state index contributed by atoms with van der Waals surface area (Å²) in [5.41, 5.74) is 2.47. The predicted octanol–water partition coefficient (Wildman–Crippen LogP) is 3.34. The van der Waals surface area contributed by atoms with Crippen LogP contribution < -0.4 is 0 Å². The number of nitrogens with zero attached hydrogens (tertiary/aromatic N) is 2. The fourth-order valence-corrected chi connectivity index (χ4v) is 2.24. The van der Waals surface area contributed by atoms with Gasteiger partial charge < -0.3 is 4.90 Å². The van der Waals surface area contributed by atoms with Crippen LogP contribution in [-0.2, 0) is 0 Å². The van der Waals surface area contributed by atoms with Gasteiger partial charge >= 0.3 is 0 Å². The lowest BCUT2D eigenvalue weighted by atomic mass is 10.1. The maximum Gasteiger partial charge on any atom is 0.255 e. The third-order valence-electron chi connectivity index (χ3n) is 2.93. The zero-order valence-corrected chi connectivity index (χ0v) is 13.0. The summed E-state index contributed by atoms with van der Waals surface area (Å²) in [5, 5.41) is 1.03. The van der Waals surface area contributed by atoms with E-state index in [0.29, 0.717) is 5.56 Å². The number of pyridine rings is 1. The highest BCUT2D eigenvalue weighted by Gasteiger charge is 2.14. The summed E-state index contributed by atoms with van der Waals surface area (Å²) in [7, 11) is 1.86. The number of aryl methyl sites for hydroxylation is 2. The first-order valence-corrected chi connectivity index (χ1v) is 7.44. The predicted molar refractivity (Wildman–Crippen MR) is 78.3 cm³/mol. The molecule has 0 spiro atoms. The van der Waals surface area contributed by atoms with Crippen LogP contribution in [0.15, 0.2) is 12.1 Å². The van der Waals surface area contributed by atoms with Crippen molar-refractivity contribution in [2.45, 2.75) is 33.1 Å². The van der Waals surface area contributed by atoms with Crippen LogP contribution in [0.1, 0.15) is 41.0 Å². The van der Waals surface area contributed by atoms with Gasteiger partial charge in [0.2, 0.25) is 0 Å². The Labute approximate surface area is 118 Å². The Morgan fingerprint density at radius 1 is 1.28 bits per heavy atom. The average Bonchev–Trinajstić information content (AvgIpc) is 2.33. The number of aromatic nitrogens is 1. The molecule has 0 saturated heterocycles. The van der Waals surface area contributed by atoms with Gasteiger partial charge in [0.05, 0.1) is 11.3 Å². The van der Waals surface area contributed by atoms with Gasteiger partial charge in [-0.3, -0.25) is 9.78 Å². The molecule has 4 heteroatoms. The van der Waals surface area contributed by atoms with Crippen molar-refractivity contribution in [2.75, 3.05) is 18.9 Å². The minimum absolute atomic E-state index is 0.0684. The van der Waals surface area contributed by atoms with Crippen molar-refractivity contribution in [3.63, 3.8) is 0 Å². The molecule has 0 unspecified atom stereocenters. The second-order valence-corrected chi connectivity index (χ2v) is 5.35. The lowest BCUT2D eigenvalue weighted by molar-refractivity contribution is 0.0791. The van der Waals surface area contributed by atoms with Crippen LogP contribution >= 0.6 is 15.9 Å². The number of carbonyl (C=O) groups is 1. The van der Waals surface area contributed by atoms with Gasteiger partial charge in [0, 0.05) is 24.6 Å². The van der Waals surface area contributed by atoms with Crippen LogP contribution in [0.5, 0.6) is 0 Å². The highest BCUT2D eigenvalue weighted by Crippen LogP contribution is 2.10. The van der Waals surface area contributed by atoms with Gasteiger partial charge in [0.1, 0.15) is 0 Å². The van der Waals surface area contributed by atoms with Gasteiger partial charge in [-0.25, -0.2) is 0 Å². The second-order valence-electron chi connectivity index (χ2n) is 4.56. The molecule has 18 heavy (non-hydrogen) atoms. The van der Waals surface area contributed by atoms with E-state index in [1.165, 1.54) is 0 Å². The number of alkyl halides is 1. The van der Waals surface area contributed by atoms with Crippen molar-refractivity contribution in [1.82, 2.24) is 9.88 Å². The van der Waals surface area contributed by atoms with Gasteiger partial charge in [-0.15, -0.1) is 0 Å². The van der Waals surface area contributed by atoms with Crippen molar-refractivity contribution in [3.05, 3.63) is 29.1 Å². The Balaban J connectivity index is 2.57. The molecule has 0 atom stereocenters. The summed E-state index contributed by atoms with van der Waals surface area (Å²) in [4.78, 5) is 18.3. The Morgan fingerprint density at radius 3 is 2.61 bits per heavy atom. The number of unbranched alkanes of at least 4 members (excludes halogenated alkanes) is 2.